The Morgan fingerprint density at radius 1 is 1.35 bits per heavy atom. The van der Waals surface area contributed by atoms with Gasteiger partial charge in [-0.3, -0.25) is 14.6 Å². The minimum absolute atomic E-state index is 0.0351. The molecule has 23 heavy (non-hydrogen) atoms. The smallest absolute Gasteiger partial charge is 0.237 e. The van der Waals surface area contributed by atoms with E-state index in [0.29, 0.717) is 6.04 Å². The number of hydrogen-bond donors (Lipinski definition) is 1. The molecule has 0 bridgehead atoms. The molecule has 128 valence electrons. The summed E-state index contributed by atoms with van der Waals surface area (Å²) in [5.41, 5.74) is 0.989. The Kier molecular flexibility index (Phi) is 5.33. The average molecular weight is 320 g/mol. The maximum atomic E-state index is 12.4. The highest BCUT2D eigenvalue weighted by Gasteiger charge is 2.27. The molecule has 0 radical (unpaired) electrons. The first-order chi connectivity index (χ1) is 11.1. The van der Waals surface area contributed by atoms with Crippen molar-refractivity contribution in [3.8, 4) is 0 Å². The Bertz CT molecular complexity index is 516. The van der Waals surface area contributed by atoms with Gasteiger partial charge in [-0.05, 0) is 26.7 Å². The minimum Gasteiger partial charge on any atom is -0.361 e. The van der Waals surface area contributed by atoms with E-state index in [9.17, 15) is 4.79 Å². The van der Waals surface area contributed by atoms with Gasteiger partial charge in [0, 0.05) is 44.8 Å². The Labute approximate surface area is 138 Å². The van der Waals surface area contributed by atoms with Gasteiger partial charge in [-0.2, -0.15) is 0 Å². The van der Waals surface area contributed by atoms with Crippen molar-refractivity contribution in [3.63, 3.8) is 0 Å². The number of hydrogen-bond acceptors (Lipinski definition) is 5. The van der Waals surface area contributed by atoms with E-state index in [1.165, 1.54) is 12.8 Å². The van der Waals surface area contributed by atoms with E-state index in [-0.39, 0.29) is 11.9 Å². The van der Waals surface area contributed by atoms with Gasteiger partial charge in [0.25, 0.3) is 0 Å². The Balaban J connectivity index is 1.43. The first-order valence-corrected chi connectivity index (χ1v) is 8.81. The van der Waals surface area contributed by atoms with Crippen LogP contribution in [0.1, 0.15) is 44.1 Å². The second kappa shape index (κ2) is 7.45. The van der Waals surface area contributed by atoms with Crippen LogP contribution in [0.3, 0.4) is 0 Å². The number of carbonyl (C=O) groups excluding carboxylic acids is 1. The fourth-order valence-corrected chi connectivity index (χ4v) is 3.59. The minimum atomic E-state index is -0.0351. The molecule has 1 aromatic rings. The third-order valence-corrected chi connectivity index (χ3v) is 5.10. The van der Waals surface area contributed by atoms with Crippen molar-refractivity contribution in [1.82, 2.24) is 20.3 Å². The molecule has 1 N–H and O–H groups in total. The molecule has 3 rings (SSSR count). The van der Waals surface area contributed by atoms with Crippen LogP contribution < -0.4 is 5.32 Å². The summed E-state index contributed by atoms with van der Waals surface area (Å²) in [5.74, 6) is 1.05. The molecule has 1 saturated carbocycles. The molecule has 2 fully saturated rings. The molecule has 1 aliphatic carbocycles. The Hall–Kier alpha value is -1.40. The molecule has 6 heteroatoms. The van der Waals surface area contributed by atoms with Gasteiger partial charge < -0.3 is 9.84 Å². The van der Waals surface area contributed by atoms with Crippen LogP contribution in [-0.2, 0) is 11.3 Å². The zero-order valence-electron chi connectivity index (χ0n) is 14.3. The van der Waals surface area contributed by atoms with Crippen LogP contribution in [0.5, 0.6) is 0 Å². The number of aryl methyl sites for hydroxylation is 1. The van der Waals surface area contributed by atoms with E-state index in [2.05, 4.69) is 20.3 Å². The molecular formula is C17H28N4O2. The number of piperazine rings is 1. The molecule has 1 aliphatic heterocycles. The van der Waals surface area contributed by atoms with Crippen LogP contribution in [0.2, 0.25) is 0 Å². The van der Waals surface area contributed by atoms with Gasteiger partial charge in [0.05, 0.1) is 11.7 Å². The van der Waals surface area contributed by atoms with Crippen LogP contribution in [0.25, 0.3) is 0 Å². The number of amides is 1. The lowest BCUT2D eigenvalue weighted by Gasteiger charge is -2.37. The Morgan fingerprint density at radius 3 is 2.65 bits per heavy atom. The lowest BCUT2D eigenvalue weighted by atomic mass is 10.2. The summed E-state index contributed by atoms with van der Waals surface area (Å²) >= 11 is 0. The van der Waals surface area contributed by atoms with Gasteiger partial charge in [-0.15, -0.1) is 0 Å². The maximum Gasteiger partial charge on any atom is 0.237 e. The van der Waals surface area contributed by atoms with Gasteiger partial charge in [-0.25, -0.2) is 0 Å². The first kappa shape index (κ1) is 16.5. The van der Waals surface area contributed by atoms with Crippen LogP contribution in [-0.4, -0.2) is 59.1 Å². The topological polar surface area (TPSA) is 61.6 Å². The normalized spacial score (nSPS) is 22.3. The third kappa shape index (κ3) is 4.32. The summed E-state index contributed by atoms with van der Waals surface area (Å²) in [7, 11) is 0. The number of carbonyl (C=O) groups is 1. The SMILES string of the molecule is Cc1cc(CN2CCN(C(C)C(=O)NC3CCCC3)CC2)no1. The molecule has 1 unspecified atom stereocenters. The molecule has 2 aliphatic rings. The van der Waals surface area contributed by atoms with Crippen molar-refractivity contribution >= 4 is 5.91 Å². The van der Waals surface area contributed by atoms with Crippen LogP contribution in [0.4, 0.5) is 0 Å². The molecule has 1 aromatic heterocycles. The maximum absolute atomic E-state index is 12.4. The first-order valence-electron chi connectivity index (χ1n) is 8.81. The fraction of sp³-hybridized carbons (Fsp3) is 0.765. The van der Waals surface area contributed by atoms with Gasteiger partial charge >= 0.3 is 0 Å². The summed E-state index contributed by atoms with van der Waals surface area (Å²) in [6, 6.07) is 2.36. The van der Waals surface area contributed by atoms with Crippen molar-refractivity contribution in [3.05, 3.63) is 17.5 Å². The van der Waals surface area contributed by atoms with E-state index >= 15 is 0 Å². The number of nitrogens with one attached hydrogen (secondary N) is 1. The van der Waals surface area contributed by atoms with Crippen molar-refractivity contribution < 1.29 is 9.32 Å². The number of rotatable bonds is 5. The molecular weight excluding hydrogens is 292 g/mol. The van der Waals surface area contributed by atoms with Crippen LogP contribution >= 0.6 is 0 Å². The van der Waals surface area contributed by atoms with E-state index in [1.54, 1.807) is 0 Å². The summed E-state index contributed by atoms with van der Waals surface area (Å²) in [5, 5.41) is 7.27. The van der Waals surface area contributed by atoms with Crippen LogP contribution in [0.15, 0.2) is 10.6 Å². The van der Waals surface area contributed by atoms with Gasteiger partial charge in [0.2, 0.25) is 5.91 Å². The largest absolute Gasteiger partial charge is 0.361 e. The molecule has 1 saturated heterocycles. The van der Waals surface area contributed by atoms with Gasteiger partial charge in [0.15, 0.2) is 0 Å². The van der Waals surface area contributed by atoms with E-state index in [0.717, 1.165) is 57.0 Å². The van der Waals surface area contributed by atoms with E-state index in [4.69, 9.17) is 4.52 Å². The third-order valence-electron chi connectivity index (χ3n) is 5.10. The second-order valence-corrected chi connectivity index (χ2v) is 6.91. The highest BCUT2D eigenvalue weighted by atomic mass is 16.5. The highest BCUT2D eigenvalue weighted by molar-refractivity contribution is 5.81. The highest BCUT2D eigenvalue weighted by Crippen LogP contribution is 2.18. The molecule has 1 atom stereocenters. The second-order valence-electron chi connectivity index (χ2n) is 6.91. The standard InChI is InChI=1S/C17H28N4O2/c1-13-11-16(19-23-13)12-20-7-9-21(10-8-20)14(2)17(22)18-15-5-3-4-6-15/h11,14-15H,3-10,12H2,1-2H3,(H,18,22). The fourth-order valence-electron chi connectivity index (χ4n) is 3.59. The van der Waals surface area contributed by atoms with Crippen molar-refractivity contribution in [2.24, 2.45) is 0 Å². The lowest BCUT2D eigenvalue weighted by Crippen LogP contribution is -2.54. The quantitative estimate of drug-likeness (QED) is 0.892. The van der Waals surface area contributed by atoms with E-state index < -0.39 is 0 Å². The average Bonchev–Trinajstić information content (AvgIpc) is 3.19. The van der Waals surface area contributed by atoms with Crippen molar-refractivity contribution in [1.29, 1.82) is 0 Å². The molecule has 6 nitrogen and oxygen atoms in total. The van der Waals surface area contributed by atoms with Crippen LogP contribution in [0, 0.1) is 6.92 Å². The zero-order valence-corrected chi connectivity index (χ0v) is 14.3. The van der Waals surface area contributed by atoms with Crippen molar-refractivity contribution in [2.45, 2.75) is 58.2 Å². The zero-order chi connectivity index (χ0) is 16.2. The summed E-state index contributed by atoms with van der Waals surface area (Å²) in [6.45, 7) is 8.56. The molecule has 1 amide bonds. The Morgan fingerprint density at radius 2 is 2.04 bits per heavy atom. The predicted molar refractivity (Wildman–Crippen MR) is 88.0 cm³/mol. The predicted octanol–water partition coefficient (Wildman–Crippen LogP) is 1.55. The lowest BCUT2D eigenvalue weighted by molar-refractivity contribution is -0.127. The number of nitrogens with zero attached hydrogens (tertiary/aromatic N) is 3. The van der Waals surface area contributed by atoms with Gasteiger partial charge in [0.1, 0.15) is 5.76 Å². The molecule has 0 spiro atoms. The van der Waals surface area contributed by atoms with E-state index in [1.807, 2.05) is 19.9 Å². The number of aromatic nitrogens is 1. The van der Waals surface area contributed by atoms with Crippen molar-refractivity contribution in [2.75, 3.05) is 26.2 Å². The monoisotopic (exact) mass is 320 g/mol. The van der Waals surface area contributed by atoms with Gasteiger partial charge in [-0.1, -0.05) is 18.0 Å². The summed E-state index contributed by atoms with van der Waals surface area (Å²) < 4.78 is 5.12. The summed E-state index contributed by atoms with van der Waals surface area (Å²) in [6.07, 6.45) is 4.78. The molecule has 0 aromatic carbocycles. The molecule has 2 heterocycles. The summed E-state index contributed by atoms with van der Waals surface area (Å²) in [4.78, 5) is 17.0.